The van der Waals surface area contributed by atoms with Crippen molar-refractivity contribution in [1.82, 2.24) is 4.98 Å². The normalized spacial score (nSPS) is 10.9. The first-order valence-electron chi connectivity index (χ1n) is 6.95. The molecule has 0 aliphatic heterocycles. The molecule has 1 N–H and O–H groups in total. The van der Waals surface area contributed by atoms with Gasteiger partial charge in [0.1, 0.15) is 22.9 Å². The summed E-state index contributed by atoms with van der Waals surface area (Å²) in [5.41, 5.74) is 1.74. The molecule has 5 heteroatoms. The highest BCUT2D eigenvalue weighted by atomic mass is 32.1. The Bertz CT molecular complexity index is 617. The first-order chi connectivity index (χ1) is 10.0. The molecule has 0 amide bonds. The van der Waals surface area contributed by atoms with E-state index in [1.165, 1.54) is 16.9 Å². The molecular formula is C16H19NO3S. The summed E-state index contributed by atoms with van der Waals surface area (Å²) in [7, 11) is 0. The Labute approximate surface area is 128 Å². The van der Waals surface area contributed by atoms with Crippen LogP contribution in [-0.2, 0) is 13.0 Å². The number of nitrogens with zero attached hydrogens (tertiary/aromatic N) is 1. The van der Waals surface area contributed by atoms with Crippen molar-refractivity contribution >= 4 is 17.3 Å². The minimum Gasteiger partial charge on any atom is -0.487 e. The number of benzene rings is 1. The van der Waals surface area contributed by atoms with E-state index in [-0.39, 0.29) is 17.4 Å². The number of aryl methyl sites for hydroxylation is 1. The van der Waals surface area contributed by atoms with Crippen LogP contribution in [0.5, 0.6) is 5.75 Å². The van der Waals surface area contributed by atoms with Crippen molar-refractivity contribution in [2.75, 3.05) is 0 Å². The van der Waals surface area contributed by atoms with Gasteiger partial charge in [0, 0.05) is 5.92 Å². The van der Waals surface area contributed by atoms with Crippen LogP contribution in [0, 0.1) is 0 Å². The third-order valence-electron chi connectivity index (χ3n) is 3.11. The molecule has 21 heavy (non-hydrogen) atoms. The van der Waals surface area contributed by atoms with Gasteiger partial charge in [-0.1, -0.05) is 32.9 Å². The number of carbonyl (C=O) groups is 1. The van der Waals surface area contributed by atoms with Crippen molar-refractivity contribution in [2.45, 2.75) is 39.7 Å². The molecule has 4 nitrogen and oxygen atoms in total. The van der Waals surface area contributed by atoms with Crippen molar-refractivity contribution in [2.24, 2.45) is 0 Å². The zero-order valence-corrected chi connectivity index (χ0v) is 13.2. The summed E-state index contributed by atoms with van der Waals surface area (Å²) in [6.45, 7) is 6.27. The predicted molar refractivity (Wildman–Crippen MR) is 83.3 cm³/mol. The molecule has 112 valence electrons. The van der Waals surface area contributed by atoms with Crippen LogP contribution in [0.4, 0.5) is 0 Å². The lowest BCUT2D eigenvalue weighted by Crippen LogP contribution is -2.03. The van der Waals surface area contributed by atoms with Crippen molar-refractivity contribution in [3.8, 4) is 5.75 Å². The molecule has 0 aliphatic rings. The average Bonchev–Trinajstić information content (AvgIpc) is 2.90. The van der Waals surface area contributed by atoms with Crippen molar-refractivity contribution in [3.63, 3.8) is 0 Å². The number of carboxylic acids is 1. The van der Waals surface area contributed by atoms with Crippen LogP contribution < -0.4 is 4.74 Å². The van der Waals surface area contributed by atoms with Gasteiger partial charge in [0.15, 0.2) is 0 Å². The van der Waals surface area contributed by atoms with Gasteiger partial charge in [-0.25, -0.2) is 9.78 Å². The molecule has 0 radical (unpaired) electrons. The molecule has 0 spiro atoms. The number of aromatic carboxylic acids is 1. The van der Waals surface area contributed by atoms with E-state index in [0.717, 1.165) is 17.2 Å². The highest BCUT2D eigenvalue weighted by Gasteiger charge is 2.19. The van der Waals surface area contributed by atoms with Crippen molar-refractivity contribution in [1.29, 1.82) is 0 Å². The van der Waals surface area contributed by atoms with Crippen LogP contribution in [0.3, 0.4) is 0 Å². The van der Waals surface area contributed by atoms with E-state index in [1.54, 1.807) is 0 Å². The summed E-state index contributed by atoms with van der Waals surface area (Å²) in [6.07, 6.45) is 0.979. The Kier molecular flexibility index (Phi) is 4.96. The second kappa shape index (κ2) is 6.72. The highest BCUT2D eigenvalue weighted by molar-refractivity contribution is 7.13. The summed E-state index contributed by atoms with van der Waals surface area (Å²) >= 11 is 1.23. The van der Waals surface area contributed by atoms with E-state index in [1.807, 2.05) is 38.1 Å². The van der Waals surface area contributed by atoms with Crippen LogP contribution >= 0.6 is 11.3 Å². The van der Waals surface area contributed by atoms with Gasteiger partial charge in [-0.05, 0) is 24.1 Å². The predicted octanol–water partition coefficient (Wildman–Crippen LogP) is 4.11. The molecule has 1 heterocycles. The fraction of sp³-hybridized carbons (Fsp3) is 0.375. The molecule has 0 saturated heterocycles. The van der Waals surface area contributed by atoms with E-state index in [4.69, 9.17) is 4.74 Å². The van der Waals surface area contributed by atoms with E-state index >= 15 is 0 Å². The van der Waals surface area contributed by atoms with Crippen LogP contribution in [0.1, 0.15) is 52.6 Å². The number of hydrogen-bond acceptors (Lipinski definition) is 4. The standard InChI is InChI=1S/C16H19NO3S/c1-4-11-5-7-12(8-6-11)20-9-13-14(16(18)19)21-15(17-13)10(2)3/h5-8,10H,4,9H2,1-3H3,(H,18,19). The monoisotopic (exact) mass is 305 g/mol. The maximum atomic E-state index is 11.3. The van der Waals surface area contributed by atoms with Crippen LogP contribution in [0.15, 0.2) is 24.3 Å². The van der Waals surface area contributed by atoms with Crippen molar-refractivity contribution in [3.05, 3.63) is 45.4 Å². The summed E-state index contributed by atoms with van der Waals surface area (Å²) in [5, 5.41) is 10.1. The number of aromatic nitrogens is 1. The fourth-order valence-corrected chi connectivity index (χ4v) is 2.77. The first kappa shape index (κ1) is 15.5. The summed E-state index contributed by atoms with van der Waals surface area (Å²) in [6, 6.07) is 7.81. The van der Waals surface area contributed by atoms with Crippen LogP contribution in [-0.4, -0.2) is 16.1 Å². The molecule has 2 aromatic rings. The number of thiazole rings is 1. The first-order valence-corrected chi connectivity index (χ1v) is 7.77. The molecule has 0 aliphatic carbocycles. The lowest BCUT2D eigenvalue weighted by Gasteiger charge is -2.06. The van der Waals surface area contributed by atoms with Gasteiger partial charge in [-0.2, -0.15) is 0 Å². The SMILES string of the molecule is CCc1ccc(OCc2nc(C(C)C)sc2C(=O)O)cc1. The smallest absolute Gasteiger partial charge is 0.347 e. The van der Waals surface area contributed by atoms with Crippen LogP contribution in [0.2, 0.25) is 0 Å². The maximum absolute atomic E-state index is 11.3. The minimum atomic E-state index is -0.945. The van der Waals surface area contributed by atoms with Gasteiger partial charge >= 0.3 is 5.97 Å². The third-order valence-corrected chi connectivity index (χ3v) is 4.50. The Morgan fingerprint density at radius 1 is 1.33 bits per heavy atom. The van der Waals surface area contributed by atoms with E-state index in [0.29, 0.717) is 5.69 Å². The summed E-state index contributed by atoms with van der Waals surface area (Å²) in [4.78, 5) is 15.9. The summed E-state index contributed by atoms with van der Waals surface area (Å²) < 4.78 is 5.66. The third kappa shape index (κ3) is 3.82. The number of rotatable bonds is 6. The second-order valence-corrected chi connectivity index (χ2v) is 6.10. The van der Waals surface area contributed by atoms with Gasteiger partial charge < -0.3 is 9.84 Å². The molecule has 0 saturated carbocycles. The molecule has 0 unspecified atom stereocenters. The van der Waals surface area contributed by atoms with Gasteiger partial charge in [0.25, 0.3) is 0 Å². The van der Waals surface area contributed by atoms with Gasteiger partial charge in [0.05, 0.1) is 5.01 Å². The largest absolute Gasteiger partial charge is 0.487 e. The van der Waals surface area contributed by atoms with Crippen molar-refractivity contribution < 1.29 is 14.6 Å². The van der Waals surface area contributed by atoms with Gasteiger partial charge in [-0.15, -0.1) is 11.3 Å². The maximum Gasteiger partial charge on any atom is 0.347 e. The molecule has 2 rings (SSSR count). The molecule has 0 bridgehead atoms. The second-order valence-electron chi connectivity index (χ2n) is 5.07. The topological polar surface area (TPSA) is 59.4 Å². The van der Waals surface area contributed by atoms with E-state index in [9.17, 15) is 9.90 Å². The molecular weight excluding hydrogens is 286 g/mol. The van der Waals surface area contributed by atoms with Crippen LogP contribution in [0.25, 0.3) is 0 Å². The summed E-state index contributed by atoms with van der Waals surface area (Å²) in [5.74, 6) is -0.00680. The zero-order valence-electron chi connectivity index (χ0n) is 12.4. The lowest BCUT2D eigenvalue weighted by atomic mass is 10.2. The van der Waals surface area contributed by atoms with E-state index < -0.39 is 5.97 Å². The number of carboxylic acid groups (broad SMARTS) is 1. The minimum absolute atomic E-state index is 0.177. The molecule has 1 aromatic carbocycles. The van der Waals surface area contributed by atoms with E-state index in [2.05, 4.69) is 11.9 Å². The quantitative estimate of drug-likeness (QED) is 0.872. The molecule has 0 atom stereocenters. The van der Waals surface area contributed by atoms with Gasteiger partial charge in [-0.3, -0.25) is 0 Å². The number of hydrogen-bond donors (Lipinski definition) is 1. The Balaban J connectivity index is 2.12. The Hall–Kier alpha value is -1.88. The lowest BCUT2D eigenvalue weighted by molar-refractivity contribution is 0.0699. The molecule has 1 aromatic heterocycles. The Morgan fingerprint density at radius 3 is 2.52 bits per heavy atom. The number of ether oxygens (including phenoxy) is 1. The molecule has 0 fully saturated rings. The highest BCUT2D eigenvalue weighted by Crippen LogP contribution is 2.26. The average molecular weight is 305 g/mol. The zero-order chi connectivity index (χ0) is 15.4. The Morgan fingerprint density at radius 2 is 2.00 bits per heavy atom. The fourth-order valence-electron chi connectivity index (χ4n) is 1.86. The van der Waals surface area contributed by atoms with Gasteiger partial charge in [0.2, 0.25) is 0 Å².